The highest BCUT2D eigenvalue weighted by molar-refractivity contribution is 14.1. The largest absolute Gasteiger partial charge is 0.472 e. The first-order chi connectivity index (χ1) is 10.5. The Balaban J connectivity index is 2.30. The van der Waals surface area contributed by atoms with Gasteiger partial charge >= 0.3 is 13.5 Å². The molecule has 23 heavy (non-hydrogen) atoms. The molecule has 5 atom stereocenters. The maximum Gasteiger partial charge on any atom is 0.472 e. The molecule has 1 fully saturated rings. The molecule has 2 unspecified atom stereocenters. The molecule has 12 nitrogen and oxygen atoms in total. The van der Waals surface area contributed by atoms with Gasteiger partial charge in [-0.15, -0.1) is 0 Å². The van der Waals surface area contributed by atoms with E-state index in [1.807, 2.05) is 4.98 Å². The first-order valence-electron chi connectivity index (χ1n) is 5.96. The Kier molecular flexibility index (Phi) is 5.44. The van der Waals surface area contributed by atoms with Crippen LogP contribution in [0, 0.1) is 3.57 Å². The summed E-state index contributed by atoms with van der Waals surface area (Å²) in [6.45, 7) is 0. The smallest absolute Gasteiger partial charge is 0.387 e. The van der Waals surface area contributed by atoms with E-state index >= 15 is 0 Å². The van der Waals surface area contributed by atoms with Crippen LogP contribution in [0.2, 0.25) is 0 Å². The zero-order valence-electron chi connectivity index (χ0n) is 11.0. The van der Waals surface area contributed by atoms with Crippen LogP contribution in [-0.2, 0) is 13.8 Å². The number of halogens is 1. The van der Waals surface area contributed by atoms with Crippen molar-refractivity contribution in [2.24, 2.45) is 0 Å². The van der Waals surface area contributed by atoms with Gasteiger partial charge in [0, 0.05) is 6.20 Å². The molecule has 0 amide bonds. The van der Waals surface area contributed by atoms with Crippen LogP contribution in [0.3, 0.4) is 0 Å². The van der Waals surface area contributed by atoms with E-state index in [0.717, 1.165) is 10.8 Å². The highest BCUT2D eigenvalue weighted by atomic mass is 127. The third-order valence-corrected chi connectivity index (χ3v) is 4.26. The third kappa shape index (κ3) is 4.07. The molecule has 130 valence electrons. The minimum absolute atomic E-state index is 0.0861. The number of H-pyrrole nitrogens is 1. The second-order valence-corrected chi connectivity index (χ2v) is 6.96. The number of nitrogens with one attached hydrogen (secondary N) is 1. The molecule has 2 heterocycles. The van der Waals surface area contributed by atoms with Gasteiger partial charge in [0.05, 0.1) is 3.57 Å². The Labute approximate surface area is 140 Å². The summed E-state index contributed by atoms with van der Waals surface area (Å²) in [7, 11) is -5.08. The van der Waals surface area contributed by atoms with Crippen LogP contribution in [0.25, 0.3) is 0 Å². The lowest BCUT2D eigenvalue weighted by Gasteiger charge is -2.21. The third-order valence-electron chi connectivity index (χ3n) is 3.00. The average Bonchev–Trinajstić information content (AvgIpc) is 2.69. The fourth-order valence-electron chi connectivity index (χ4n) is 2.00. The first kappa shape index (κ1) is 18.7. The number of aliphatic hydroxyl groups is 3. The highest BCUT2D eigenvalue weighted by Gasteiger charge is 2.49. The summed E-state index contributed by atoms with van der Waals surface area (Å²) in [5, 5.41) is 29.3. The van der Waals surface area contributed by atoms with Crippen LogP contribution in [0.4, 0.5) is 0 Å². The molecule has 0 radical (unpaired) electrons. The van der Waals surface area contributed by atoms with Crippen LogP contribution in [-0.4, -0.2) is 59.3 Å². The number of aliphatic hydroxyl groups excluding tert-OH is 3. The fourth-order valence-corrected chi connectivity index (χ4v) is 2.84. The lowest BCUT2D eigenvalue weighted by molar-refractivity contribution is -0.161. The van der Waals surface area contributed by atoms with Crippen molar-refractivity contribution in [3.8, 4) is 0 Å². The SMILES string of the molecule is O=c1[nH]c(=O)n(C2O[C@H](C(O)OP(=O)(O)O)[C@@H](O)[C@@H]2O)cc1I. The Morgan fingerprint density at radius 3 is 2.52 bits per heavy atom. The summed E-state index contributed by atoms with van der Waals surface area (Å²) in [6.07, 6.45) is -7.99. The highest BCUT2D eigenvalue weighted by Crippen LogP contribution is 2.40. The average molecular weight is 466 g/mol. The summed E-state index contributed by atoms with van der Waals surface area (Å²) >= 11 is 1.62. The lowest BCUT2D eigenvalue weighted by atomic mass is 10.1. The maximum absolute atomic E-state index is 11.7. The van der Waals surface area contributed by atoms with Crippen LogP contribution >= 0.6 is 30.4 Å². The van der Waals surface area contributed by atoms with E-state index in [2.05, 4.69) is 4.52 Å². The zero-order chi connectivity index (χ0) is 17.5. The van der Waals surface area contributed by atoms with E-state index in [9.17, 15) is 29.5 Å². The summed E-state index contributed by atoms with van der Waals surface area (Å²) < 4.78 is 20.6. The Morgan fingerprint density at radius 1 is 1.35 bits per heavy atom. The predicted molar refractivity (Wildman–Crippen MR) is 79.1 cm³/mol. The van der Waals surface area contributed by atoms with Gasteiger partial charge in [0.15, 0.2) is 12.5 Å². The number of nitrogens with zero attached hydrogens (tertiary/aromatic N) is 1. The first-order valence-corrected chi connectivity index (χ1v) is 8.57. The molecule has 0 bridgehead atoms. The van der Waals surface area contributed by atoms with Crippen LogP contribution in [0.5, 0.6) is 0 Å². The number of aromatic amines is 1. The van der Waals surface area contributed by atoms with Crippen molar-refractivity contribution in [2.45, 2.75) is 30.8 Å². The van der Waals surface area contributed by atoms with Crippen LogP contribution in [0.1, 0.15) is 6.23 Å². The molecule has 1 saturated heterocycles. The number of hydrogen-bond donors (Lipinski definition) is 6. The number of ether oxygens (including phenoxy) is 1. The van der Waals surface area contributed by atoms with Crippen molar-refractivity contribution >= 4 is 30.4 Å². The van der Waals surface area contributed by atoms with Crippen molar-refractivity contribution in [2.75, 3.05) is 0 Å². The summed E-state index contributed by atoms with van der Waals surface area (Å²) in [6, 6.07) is 0. The van der Waals surface area contributed by atoms with Gasteiger partial charge < -0.3 is 29.8 Å². The molecule has 0 aliphatic carbocycles. The minimum Gasteiger partial charge on any atom is -0.387 e. The van der Waals surface area contributed by atoms with Gasteiger partial charge in [-0.25, -0.2) is 9.36 Å². The number of aromatic nitrogens is 2. The summed E-state index contributed by atoms with van der Waals surface area (Å²) in [4.78, 5) is 42.3. The van der Waals surface area contributed by atoms with E-state index in [4.69, 9.17) is 14.5 Å². The van der Waals surface area contributed by atoms with E-state index in [1.54, 1.807) is 22.6 Å². The van der Waals surface area contributed by atoms with E-state index in [0.29, 0.717) is 0 Å². The fraction of sp³-hybridized carbons (Fsp3) is 0.556. The molecule has 0 spiro atoms. The van der Waals surface area contributed by atoms with Gasteiger partial charge in [-0.1, -0.05) is 0 Å². The van der Waals surface area contributed by atoms with Gasteiger partial charge in [-0.2, -0.15) is 0 Å². The molecular formula is C9H12IN2O10P. The number of rotatable bonds is 4. The molecule has 1 aliphatic rings. The molecule has 1 aromatic rings. The molecule has 14 heteroatoms. The van der Waals surface area contributed by atoms with Gasteiger partial charge in [0.1, 0.15) is 18.3 Å². The normalized spacial score (nSPS) is 29.7. The summed E-state index contributed by atoms with van der Waals surface area (Å²) in [5.74, 6) is 0. The molecule has 1 aromatic heterocycles. The van der Waals surface area contributed by atoms with Crippen molar-refractivity contribution in [3.63, 3.8) is 0 Å². The lowest BCUT2D eigenvalue weighted by Crippen LogP contribution is -2.40. The van der Waals surface area contributed by atoms with Crippen molar-refractivity contribution in [1.29, 1.82) is 0 Å². The van der Waals surface area contributed by atoms with Crippen molar-refractivity contribution < 1.29 is 38.9 Å². The van der Waals surface area contributed by atoms with Crippen molar-refractivity contribution in [1.82, 2.24) is 9.55 Å². The van der Waals surface area contributed by atoms with Gasteiger partial charge in [0.25, 0.3) is 5.56 Å². The van der Waals surface area contributed by atoms with E-state index < -0.39 is 49.9 Å². The number of hydrogen-bond acceptors (Lipinski definition) is 8. The Morgan fingerprint density at radius 2 is 1.96 bits per heavy atom. The van der Waals surface area contributed by atoms with Gasteiger partial charge in [-0.05, 0) is 22.6 Å². The molecule has 1 aliphatic heterocycles. The van der Waals surface area contributed by atoms with Gasteiger partial charge in [-0.3, -0.25) is 18.9 Å². The minimum atomic E-state index is -5.08. The van der Waals surface area contributed by atoms with E-state index in [-0.39, 0.29) is 3.57 Å². The Bertz CT molecular complexity index is 743. The number of phosphoric acid groups is 1. The quantitative estimate of drug-likeness (QED) is 0.153. The molecule has 2 rings (SSSR count). The van der Waals surface area contributed by atoms with Crippen LogP contribution in [0.15, 0.2) is 15.8 Å². The number of phosphoric ester groups is 1. The molecule has 6 N–H and O–H groups in total. The Hall–Kier alpha value is -0.640. The van der Waals surface area contributed by atoms with Crippen molar-refractivity contribution in [3.05, 3.63) is 30.6 Å². The molecule has 0 saturated carbocycles. The molecule has 0 aromatic carbocycles. The topological polar surface area (TPSA) is 192 Å². The second kappa shape index (κ2) is 6.70. The monoisotopic (exact) mass is 466 g/mol. The zero-order valence-corrected chi connectivity index (χ0v) is 14.1. The second-order valence-electron chi connectivity index (χ2n) is 4.60. The summed E-state index contributed by atoms with van der Waals surface area (Å²) in [5.41, 5.74) is -1.61. The standard InChI is InChI=1S/C9H12IN2O10P/c10-2-1-12(9(17)11-6(2)15)7-4(14)3(13)5(21-7)8(16)22-23(18,19)20/h1,3-5,7-8,13-14,16H,(H,11,15,17)(H2,18,19,20)/t3-,4-,5-,7?,8?/m0/s1. The predicted octanol–water partition coefficient (Wildman–Crippen LogP) is -2.81. The van der Waals surface area contributed by atoms with Crippen LogP contribution < -0.4 is 11.2 Å². The maximum atomic E-state index is 11.7. The molecular weight excluding hydrogens is 454 g/mol. The van der Waals surface area contributed by atoms with E-state index in [1.165, 1.54) is 0 Å². The van der Waals surface area contributed by atoms with Gasteiger partial charge in [0.2, 0.25) is 0 Å².